The lowest BCUT2D eigenvalue weighted by Crippen LogP contribution is -2.12. The summed E-state index contributed by atoms with van der Waals surface area (Å²) in [5.74, 6) is 0.709. The summed E-state index contributed by atoms with van der Waals surface area (Å²) >= 11 is 7.86. The minimum absolute atomic E-state index is 0.161. The Bertz CT molecular complexity index is 860. The molecular formula is C21H18ClNOS. The van der Waals surface area contributed by atoms with Crippen LogP contribution >= 0.6 is 23.4 Å². The van der Waals surface area contributed by atoms with Crippen LogP contribution in [0.15, 0.2) is 77.7 Å². The van der Waals surface area contributed by atoms with Crippen molar-refractivity contribution in [3.8, 4) is 0 Å². The Hall–Kier alpha value is -2.23. The molecule has 0 radical (unpaired) electrons. The van der Waals surface area contributed by atoms with E-state index in [0.717, 1.165) is 5.75 Å². The SMILES string of the molecule is Cc1ccc(SCc2ccc(C(=O)Nc3ccccc3Cl)cc2)cc1. The van der Waals surface area contributed by atoms with Gasteiger partial charge in [0, 0.05) is 16.2 Å². The number of hydrogen-bond donors (Lipinski definition) is 1. The molecule has 0 heterocycles. The lowest BCUT2D eigenvalue weighted by Gasteiger charge is -2.08. The maximum absolute atomic E-state index is 12.3. The van der Waals surface area contributed by atoms with Crippen molar-refractivity contribution in [3.05, 3.63) is 94.5 Å². The molecular weight excluding hydrogens is 350 g/mol. The Morgan fingerprint density at radius 2 is 1.64 bits per heavy atom. The molecule has 0 aliphatic rings. The van der Waals surface area contributed by atoms with Crippen molar-refractivity contribution in [2.24, 2.45) is 0 Å². The predicted octanol–water partition coefficient (Wildman–Crippen LogP) is 6.19. The van der Waals surface area contributed by atoms with Crippen LogP contribution in [0.25, 0.3) is 0 Å². The highest BCUT2D eigenvalue weighted by atomic mass is 35.5. The first-order valence-electron chi connectivity index (χ1n) is 7.96. The third kappa shape index (κ3) is 4.88. The Labute approximate surface area is 157 Å². The maximum atomic E-state index is 12.3. The third-order valence-electron chi connectivity index (χ3n) is 3.76. The van der Waals surface area contributed by atoms with Crippen LogP contribution in [-0.4, -0.2) is 5.91 Å². The van der Waals surface area contributed by atoms with E-state index in [2.05, 4.69) is 36.5 Å². The molecule has 1 amide bonds. The van der Waals surface area contributed by atoms with E-state index in [-0.39, 0.29) is 5.91 Å². The van der Waals surface area contributed by atoms with Crippen molar-refractivity contribution in [2.75, 3.05) is 5.32 Å². The molecule has 0 aromatic heterocycles. The van der Waals surface area contributed by atoms with Crippen molar-refractivity contribution in [2.45, 2.75) is 17.6 Å². The number of aryl methyl sites for hydroxylation is 1. The highest BCUT2D eigenvalue weighted by molar-refractivity contribution is 7.98. The summed E-state index contributed by atoms with van der Waals surface area (Å²) in [5, 5.41) is 3.36. The van der Waals surface area contributed by atoms with Gasteiger partial charge in [-0.15, -0.1) is 11.8 Å². The summed E-state index contributed by atoms with van der Waals surface area (Å²) in [5.41, 5.74) is 3.68. The Kier molecular flexibility index (Phi) is 5.79. The number of rotatable bonds is 5. The zero-order chi connectivity index (χ0) is 17.6. The molecule has 0 aliphatic carbocycles. The molecule has 0 saturated carbocycles. The number of carbonyl (C=O) groups excluding carboxylic acids is 1. The van der Waals surface area contributed by atoms with Gasteiger partial charge < -0.3 is 5.32 Å². The fourth-order valence-corrected chi connectivity index (χ4v) is 3.35. The fraction of sp³-hybridized carbons (Fsp3) is 0.0952. The number of nitrogens with one attached hydrogen (secondary N) is 1. The van der Waals surface area contributed by atoms with Crippen LogP contribution in [0.5, 0.6) is 0 Å². The average molecular weight is 368 g/mol. The van der Waals surface area contributed by atoms with Crippen LogP contribution in [0, 0.1) is 6.92 Å². The predicted molar refractivity (Wildman–Crippen MR) is 107 cm³/mol. The van der Waals surface area contributed by atoms with Crippen LogP contribution in [0.3, 0.4) is 0 Å². The molecule has 2 nitrogen and oxygen atoms in total. The molecule has 0 saturated heterocycles. The number of thioether (sulfide) groups is 1. The van der Waals surface area contributed by atoms with Crippen molar-refractivity contribution in [1.29, 1.82) is 0 Å². The highest BCUT2D eigenvalue weighted by Gasteiger charge is 2.08. The summed E-state index contributed by atoms with van der Waals surface area (Å²) in [6.07, 6.45) is 0. The van der Waals surface area contributed by atoms with E-state index in [9.17, 15) is 4.79 Å². The van der Waals surface area contributed by atoms with Crippen LogP contribution in [0.1, 0.15) is 21.5 Å². The zero-order valence-electron chi connectivity index (χ0n) is 13.8. The Balaban J connectivity index is 1.60. The molecule has 0 unspecified atom stereocenters. The van der Waals surface area contributed by atoms with Gasteiger partial charge in [0.25, 0.3) is 5.91 Å². The molecule has 0 atom stereocenters. The fourth-order valence-electron chi connectivity index (χ4n) is 2.31. The summed E-state index contributed by atoms with van der Waals surface area (Å²) in [7, 11) is 0. The Morgan fingerprint density at radius 3 is 2.32 bits per heavy atom. The molecule has 0 bridgehead atoms. The second-order valence-corrected chi connectivity index (χ2v) is 7.19. The average Bonchev–Trinajstić information content (AvgIpc) is 2.63. The first-order valence-corrected chi connectivity index (χ1v) is 9.32. The number of para-hydroxylation sites is 1. The largest absolute Gasteiger partial charge is 0.321 e. The quantitative estimate of drug-likeness (QED) is 0.544. The Morgan fingerprint density at radius 1 is 0.960 bits per heavy atom. The van der Waals surface area contributed by atoms with E-state index >= 15 is 0 Å². The summed E-state index contributed by atoms with van der Waals surface area (Å²) in [6, 6.07) is 23.4. The van der Waals surface area contributed by atoms with E-state index in [0.29, 0.717) is 16.3 Å². The van der Waals surface area contributed by atoms with Gasteiger partial charge in [0.2, 0.25) is 0 Å². The molecule has 0 aliphatic heterocycles. The number of anilines is 1. The molecule has 25 heavy (non-hydrogen) atoms. The molecule has 126 valence electrons. The molecule has 0 fully saturated rings. The number of amides is 1. The third-order valence-corrected chi connectivity index (χ3v) is 5.18. The van der Waals surface area contributed by atoms with Crippen molar-refractivity contribution in [1.82, 2.24) is 0 Å². The second-order valence-electron chi connectivity index (χ2n) is 5.73. The minimum atomic E-state index is -0.161. The van der Waals surface area contributed by atoms with E-state index in [1.165, 1.54) is 16.0 Å². The lowest BCUT2D eigenvalue weighted by molar-refractivity contribution is 0.102. The second kappa shape index (κ2) is 8.24. The van der Waals surface area contributed by atoms with Gasteiger partial charge in [-0.2, -0.15) is 0 Å². The van der Waals surface area contributed by atoms with Gasteiger partial charge in [-0.25, -0.2) is 0 Å². The molecule has 0 spiro atoms. The molecule has 3 rings (SSSR count). The van der Waals surface area contributed by atoms with Crippen LogP contribution in [-0.2, 0) is 5.75 Å². The van der Waals surface area contributed by atoms with Gasteiger partial charge in [-0.1, -0.05) is 53.6 Å². The molecule has 3 aromatic carbocycles. The standard InChI is InChI=1S/C21H18ClNOS/c1-15-6-12-18(13-7-15)25-14-16-8-10-17(11-9-16)21(24)23-20-5-3-2-4-19(20)22/h2-13H,14H2,1H3,(H,23,24). The van der Waals surface area contributed by atoms with E-state index in [1.54, 1.807) is 23.9 Å². The van der Waals surface area contributed by atoms with E-state index in [4.69, 9.17) is 11.6 Å². The lowest BCUT2D eigenvalue weighted by atomic mass is 10.1. The van der Waals surface area contributed by atoms with Gasteiger partial charge in [0.1, 0.15) is 0 Å². The first-order chi connectivity index (χ1) is 12.1. The minimum Gasteiger partial charge on any atom is -0.321 e. The summed E-state index contributed by atoms with van der Waals surface area (Å²) in [6.45, 7) is 2.08. The number of halogens is 1. The van der Waals surface area contributed by atoms with Gasteiger partial charge >= 0.3 is 0 Å². The number of hydrogen-bond acceptors (Lipinski definition) is 2. The van der Waals surface area contributed by atoms with E-state index < -0.39 is 0 Å². The smallest absolute Gasteiger partial charge is 0.255 e. The van der Waals surface area contributed by atoms with Gasteiger partial charge in [-0.3, -0.25) is 4.79 Å². The van der Waals surface area contributed by atoms with E-state index in [1.807, 2.05) is 36.4 Å². The van der Waals surface area contributed by atoms with Crippen LogP contribution in [0.4, 0.5) is 5.69 Å². The summed E-state index contributed by atoms with van der Waals surface area (Å²) in [4.78, 5) is 13.6. The van der Waals surface area contributed by atoms with Gasteiger partial charge in [0.05, 0.1) is 10.7 Å². The maximum Gasteiger partial charge on any atom is 0.255 e. The first kappa shape index (κ1) is 17.6. The molecule has 1 N–H and O–H groups in total. The monoisotopic (exact) mass is 367 g/mol. The van der Waals surface area contributed by atoms with Crippen molar-refractivity contribution < 1.29 is 4.79 Å². The van der Waals surface area contributed by atoms with Crippen LogP contribution in [0.2, 0.25) is 5.02 Å². The number of benzene rings is 3. The zero-order valence-corrected chi connectivity index (χ0v) is 15.4. The topological polar surface area (TPSA) is 29.1 Å². The van der Waals surface area contributed by atoms with Crippen molar-refractivity contribution in [3.63, 3.8) is 0 Å². The molecule has 4 heteroatoms. The van der Waals surface area contributed by atoms with Gasteiger partial charge in [-0.05, 0) is 48.9 Å². The number of carbonyl (C=O) groups is 1. The highest BCUT2D eigenvalue weighted by Crippen LogP contribution is 2.24. The normalized spacial score (nSPS) is 10.5. The van der Waals surface area contributed by atoms with Crippen LogP contribution < -0.4 is 5.32 Å². The molecule has 3 aromatic rings. The summed E-state index contributed by atoms with van der Waals surface area (Å²) < 4.78 is 0. The van der Waals surface area contributed by atoms with Gasteiger partial charge in [0.15, 0.2) is 0 Å². The van der Waals surface area contributed by atoms with Crippen molar-refractivity contribution >= 4 is 35.0 Å².